The van der Waals surface area contributed by atoms with E-state index in [1.54, 1.807) is 12.1 Å². The summed E-state index contributed by atoms with van der Waals surface area (Å²) in [5, 5.41) is 24.3. The predicted octanol–water partition coefficient (Wildman–Crippen LogP) is 7.76. The number of para-hydroxylation sites is 1. The molecular formula is C38H43BN2O5. The van der Waals surface area contributed by atoms with Crippen LogP contribution in [0.2, 0.25) is 6.32 Å². The fourth-order valence-electron chi connectivity index (χ4n) is 7.64. The molecule has 2 heterocycles. The molecule has 3 N–H and O–H groups in total. The van der Waals surface area contributed by atoms with Gasteiger partial charge in [0.15, 0.2) is 0 Å². The summed E-state index contributed by atoms with van der Waals surface area (Å²) in [4.78, 5) is 29.5. The van der Waals surface area contributed by atoms with Crippen LogP contribution in [0.1, 0.15) is 58.4 Å². The Morgan fingerprint density at radius 1 is 0.978 bits per heavy atom. The van der Waals surface area contributed by atoms with Gasteiger partial charge in [0.1, 0.15) is 5.75 Å². The van der Waals surface area contributed by atoms with Gasteiger partial charge in [0.05, 0.1) is 23.6 Å². The van der Waals surface area contributed by atoms with Crippen molar-refractivity contribution in [2.75, 3.05) is 10.2 Å². The fraction of sp³-hybridized carbons (Fsp3) is 0.368. The van der Waals surface area contributed by atoms with E-state index >= 15 is 0 Å². The van der Waals surface area contributed by atoms with E-state index in [4.69, 9.17) is 4.65 Å². The van der Waals surface area contributed by atoms with Gasteiger partial charge < -0.3 is 20.1 Å². The lowest BCUT2D eigenvalue weighted by Gasteiger charge is -2.44. The van der Waals surface area contributed by atoms with Gasteiger partial charge in [0, 0.05) is 11.4 Å². The van der Waals surface area contributed by atoms with Crippen LogP contribution in [0.5, 0.6) is 5.75 Å². The van der Waals surface area contributed by atoms with Crippen LogP contribution in [0.4, 0.5) is 17.1 Å². The van der Waals surface area contributed by atoms with Gasteiger partial charge >= 0.3 is 7.12 Å². The molecule has 3 aliphatic rings. The maximum absolute atomic E-state index is 14.2. The number of benzene rings is 3. The number of hydrogen-bond donors (Lipinski definition) is 3. The Hall–Kier alpha value is -4.14. The maximum Gasteiger partial charge on any atom is 0.455 e. The van der Waals surface area contributed by atoms with Gasteiger partial charge in [0.2, 0.25) is 11.8 Å². The first-order chi connectivity index (χ1) is 22.2. The van der Waals surface area contributed by atoms with Gasteiger partial charge in [-0.15, -0.1) is 0 Å². The molecule has 0 unspecified atom stereocenters. The van der Waals surface area contributed by atoms with E-state index in [1.807, 2.05) is 66.7 Å². The minimum absolute atomic E-state index is 0.159. The second kappa shape index (κ2) is 13.7. The van der Waals surface area contributed by atoms with E-state index in [0.29, 0.717) is 24.8 Å². The molecule has 6 rings (SSSR count). The molecule has 4 atom stereocenters. The topological polar surface area (TPSA) is 99.1 Å². The van der Waals surface area contributed by atoms with Crippen molar-refractivity contribution in [2.45, 2.75) is 65.3 Å². The summed E-state index contributed by atoms with van der Waals surface area (Å²) in [5.41, 5.74) is 6.89. The second-order valence-electron chi connectivity index (χ2n) is 13.1. The van der Waals surface area contributed by atoms with Crippen molar-refractivity contribution in [2.24, 2.45) is 23.7 Å². The van der Waals surface area contributed by atoms with Crippen LogP contribution in [-0.4, -0.2) is 35.2 Å². The minimum Gasteiger partial charge on any atom is -0.508 e. The summed E-state index contributed by atoms with van der Waals surface area (Å²) in [5.74, 6) is -1.16. The van der Waals surface area contributed by atoms with Crippen LogP contribution in [0.15, 0.2) is 95.6 Å². The van der Waals surface area contributed by atoms with Crippen LogP contribution in [0.3, 0.4) is 0 Å². The van der Waals surface area contributed by atoms with Crippen LogP contribution in [-0.2, 0) is 14.2 Å². The first-order valence-corrected chi connectivity index (χ1v) is 16.6. The van der Waals surface area contributed by atoms with Gasteiger partial charge in [0.25, 0.3) is 0 Å². The first kappa shape index (κ1) is 31.8. The minimum atomic E-state index is -1.00. The van der Waals surface area contributed by atoms with Crippen LogP contribution in [0.25, 0.3) is 6.08 Å². The molecule has 2 saturated heterocycles. The summed E-state index contributed by atoms with van der Waals surface area (Å²) >= 11 is 0. The highest BCUT2D eigenvalue weighted by atomic mass is 16.5. The number of anilines is 3. The zero-order valence-electron chi connectivity index (χ0n) is 26.9. The number of amides is 2. The summed E-state index contributed by atoms with van der Waals surface area (Å²) in [7, 11) is -1.00. The number of rotatable bonds is 10. The molecule has 3 aromatic carbocycles. The zero-order chi connectivity index (χ0) is 32.4. The SMILES string of the molecule is CCC/C(=C\c1cccc(O)c1)CC[C@H]1OB(O)C[C@H]2C1=C(C(C)C)C[C@H]1C(=O)N(c3ccc(Nc4ccccc4)cc3)C(=O)[C@H]12. The number of imide groups is 1. The van der Waals surface area contributed by atoms with E-state index in [-0.39, 0.29) is 35.5 Å². The molecular weight excluding hydrogens is 575 g/mol. The Labute approximate surface area is 272 Å². The summed E-state index contributed by atoms with van der Waals surface area (Å²) in [6, 6.07) is 24.5. The molecule has 46 heavy (non-hydrogen) atoms. The summed E-state index contributed by atoms with van der Waals surface area (Å²) in [6.45, 7) is 6.43. The standard InChI is InChI=1S/C38H43BN2O5/c1-4-9-25(20-26-10-8-13-30(42)21-26)14-19-34-35-31(24(2)3)22-32-36(33(35)23-39(45)46-34)38(44)41(37(32)43)29-17-15-28(16-18-29)40-27-11-6-5-7-12-27/h5-8,10-13,15-18,20-21,24,32-34,36,40,42,45H,4,9,14,19,22-23H2,1-3H3/b25-20+/t32-,33+,34-,36-/m1/s1. The molecule has 2 fully saturated rings. The maximum atomic E-state index is 14.2. The van der Waals surface area contributed by atoms with E-state index in [1.165, 1.54) is 16.0 Å². The van der Waals surface area contributed by atoms with Gasteiger partial charge in [-0.05, 0) is 104 Å². The monoisotopic (exact) mass is 618 g/mol. The third kappa shape index (κ3) is 6.55. The zero-order valence-corrected chi connectivity index (χ0v) is 26.9. The number of phenols is 1. The normalized spacial score (nSPS) is 23.2. The average molecular weight is 619 g/mol. The van der Waals surface area contributed by atoms with Gasteiger partial charge in [-0.25, -0.2) is 0 Å². The van der Waals surface area contributed by atoms with Crippen molar-refractivity contribution in [3.63, 3.8) is 0 Å². The Bertz CT molecular complexity index is 1630. The molecule has 7 nitrogen and oxygen atoms in total. The number of nitrogens with one attached hydrogen (secondary N) is 1. The average Bonchev–Trinajstić information content (AvgIpc) is 3.29. The van der Waals surface area contributed by atoms with Crippen molar-refractivity contribution >= 4 is 42.1 Å². The van der Waals surface area contributed by atoms with Crippen LogP contribution in [0, 0.1) is 23.7 Å². The predicted molar refractivity (Wildman–Crippen MR) is 183 cm³/mol. The number of nitrogens with zero attached hydrogens (tertiary/aromatic N) is 1. The van der Waals surface area contributed by atoms with Gasteiger partial charge in [-0.2, -0.15) is 0 Å². The molecule has 3 aromatic rings. The van der Waals surface area contributed by atoms with E-state index in [9.17, 15) is 19.7 Å². The number of carbonyl (C=O) groups is 2. The first-order valence-electron chi connectivity index (χ1n) is 16.6. The van der Waals surface area contributed by atoms with Crippen molar-refractivity contribution in [1.29, 1.82) is 0 Å². The molecule has 0 radical (unpaired) electrons. The lowest BCUT2D eigenvalue weighted by atomic mass is 9.57. The van der Waals surface area contributed by atoms with E-state index < -0.39 is 19.0 Å². The molecule has 2 amide bonds. The van der Waals surface area contributed by atoms with Crippen molar-refractivity contribution in [1.82, 2.24) is 0 Å². The molecule has 2 aliphatic heterocycles. The molecule has 8 heteroatoms. The number of carbonyl (C=O) groups excluding carboxylic acids is 2. The van der Waals surface area contributed by atoms with Crippen LogP contribution < -0.4 is 10.2 Å². The van der Waals surface area contributed by atoms with Crippen molar-refractivity contribution in [3.05, 3.63) is 101 Å². The highest BCUT2D eigenvalue weighted by Gasteiger charge is 2.57. The number of aromatic hydroxyl groups is 1. The van der Waals surface area contributed by atoms with Crippen molar-refractivity contribution in [3.8, 4) is 5.75 Å². The number of allylic oxidation sites excluding steroid dienone is 2. The Morgan fingerprint density at radius 2 is 1.72 bits per heavy atom. The fourth-order valence-corrected chi connectivity index (χ4v) is 7.64. The summed E-state index contributed by atoms with van der Waals surface area (Å²) in [6.07, 6.45) is 5.96. The van der Waals surface area contributed by atoms with Crippen LogP contribution >= 0.6 is 0 Å². The second-order valence-corrected chi connectivity index (χ2v) is 13.1. The number of hydrogen-bond acceptors (Lipinski definition) is 6. The smallest absolute Gasteiger partial charge is 0.455 e. The third-order valence-electron chi connectivity index (χ3n) is 9.67. The quantitative estimate of drug-likeness (QED) is 0.122. The molecule has 1 aliphatic carbocycles. The molecule has 0 saturated carbocycles. The Morgan fingerprint density at radius 3 is 2.41 bits per heavy atom. The molecule has 0 aromatic heterocycles. The highest BCUT2D eigenvalue weighted by Crippen LogP contribution is 2.52. The van der Waals surface area contributed by atoms with Gasteiger partial charge in [-0.1, -0.05) is 74.7 Å². The highest BCUT2D eigenvalue weighted by molar-refractivity contribution is 6.43. The number of phenolic OH excluding ortho intramolecular Hbond substituents is 1. The Kier molecular flexibility index (Phi) is 9.48. The summed E-state index contributed by atoms with van der Waals surface area (Å²) < 4.78 is 6.23. The molecule has 238 valence electrons. The lowest BCUT2D eigenvalue weighted by Crippen LogP contribution is -2.46. The Balaban J connectivity index is 1.25. The lowest BCUT2D eigenvalue weighted by molar-refractivity contribution is -0.122. The van der Waals surface area contributed by atoms with Crippen molar-refractivity contribution < 1.29 is 24.4 Å². The molecule has 0 bridgehead atoms. The van der Waals surface area contributed by atoms with Gasteiger partial charge in [-0.3, -0.25) is 14.5 Å². The van der Waals surface area contributed by atoms with E-state index in [0.717, 1.165) is 41.8 Å². The largest absolute Gasteiger partial charge is 0.508 e. The number of fused-ring (bicyclic) bond motifs is 3. The third-order valence-corrected chi connectivity index (χ3v) is 9.67. The molecule has 0 spiro atoms. The van der Waals surface area contributed by atoms with E-state index in [2.05, 4.69) is 32.2 Å².